The molecule has 2 amide bonds. The van der Waals surface area contributed by atoms with Gasteiger partial charge in [-0.2, -0.15) is 5.10 Å². The van der Waals surface area contributed by atoms with Crippen LogP contribution in [0.1, 0.15) is 31.6 Å². The Morgan fingerprint density at radius 3 is 2.71 bits per heavy atom. The number of aryl methyl sites for hydroxylation is 1. The number of nitrogens with one attached hydrogen (secondary N) is 1. The minimum Gasteiger partial charge on any atom is -0.483 e. The number of hydrogen-bond acceptors (Lipinski definition) is 7. The Morgan fingerprint density at radius 1 is 1.12 bits per heavy atom. The smallest absolute Gasteiger partial charge is 0.257 e. The van der Waals surface area contributed by atoms with Crippen molar-refractivity contribution in [3.05, 3.63) is 84.2 Å². The van der Waals surface area contributed by atoms with Crippen molar-refractivity contribution in [1.82, 2.24) is 34.5 Å². The molecule has 0 unspecified atom stereocenters. The van der Waals surface area contributed by atoms with Crippen LogP contribution in [-0.4, -0.2) is 61.2 Å². The summed E-state index contributed by atoms with van der Waals surface area (Å²) in [4.78, 5) is 36.3. The van der Waals surface area contributed by atoms with E-state index in [1.54, 1.807) is 11.2 Å². The molecule has 2 atom stereocenters. The molecule has 0 saturated carbocycles. The van der Waals surface area contributed by atoms with Gasteiger partial charge in [0.1, 0.15) is 28.8 Å². The minimum atomic E-state index is -0.879. The topological polar surface area (TPSA) is 107 Å². The number of imidazole rings is 1. The maximum absolute atomic E-state index is 16.1. The van der Waals surface area contributed by atoms with E-state index in [1.165, 1.54) is 24.5 Å². The summed E-state index contributed by atoms with van der Waals surface area (Å²) in [6.45, 7) is 7.50. The van der Waals surface area contributed by atoms with Crippen LogP contribution in [0.15, 0.2) is 66.8 Å². The largest absolute Gasteiger partial charge is 0.483 e. The van der Waals surface area contributed by atoms with Crippen LogP contribution >= 0.6 is 11.3 Å². The molecule has 0 bridgehead atoms. The van der Waals surface area contributed by atoms with Gasteiger partial charge in [-0.25, -0.2) is 18.7 Å². The van der Waals surface area contributed by atoms with Gasteiger partial charge < -0.3 is 19.5 Å². The highest BCUT2D eigenvalue weighted by Gasteiger charge is 2.34. The van der Waals surface area contributed by atoms with E-state index in [-0.39, 0.29) is 29.3 Å². The number of carbonyl (C=O) groups excluding carboxylic acids is 2. The number of amides is 2. The van der Waals surface area contributed by atoms with E-state index >= 15 is 4.39 Å². The summed E-state index contributed by atoms with van der Waals surface area (Å²) in [6, 6.07) is 11.0. The van der Waals surface area contributed by atoms with Crippen LogP contribution in [0.3, 0.4) is 0 Å². The van der Waals surface area contributed by atoms with Crippen LogP contribution in [0.5, 0.6) is 5.75 Å². The summed E-state index contributed by atoms with van der Waals surface area (Å²) in [5, 5.41) is 10.1. The van der Waals surface area contributed by atoms with Crippen LogP contribution in [0.2, 0.25) is 0 Å². The van der Waals surface area contributed by atoms with Gasteiger partial charge in [0, 0.05) is 54.0 Å². The van der Waals surface area contributed by atoms with Gasteiger partial charge >= 0.3 is 0 Å². The van der Waals surface area contributed by atoms with Gasteiger partial charge in [-0.1, -0.05) is 12.6 Å². The number of hydrogen-bond donors (Lipinski definition) is 1. The van der Waals surface area contributed by atoms with E-state index in [1.807, 2.05) is 65.9 Å². The van der Waals surface area contributed by atoms with Crippen LogP contribution in [0.4, 0.5) is 8.78 Å². The average molecular weight is 668 g/mol. The van der Waals surface area contributed by atoms with Gasteiger partial charge in [0.2, 0.25) is 5.91 Å². The van der Waals surface area contributed by atoms with Crippen molar-refractivity contribution >= 4 is 44.3 Å². The lowest BCUT2D eigenvalue weighted by molar-refractivity contribution is -0.129. The molecule has 0 aliphatic carbocycles. The molecule has 1 aliphatic rings. The van der Waals surface area contributed by atoms with Crippen molar-refractivity contribution in [3.63, 3.8) is 0 Å². The maximum atomic E-state index is 16.1. The quantitative estimate of drug-likeness (QED) is 0.197. The molecular formula is C35H31F2N7O3S. The van der Waals surface area contributed by atoms with E-state index in [4.69, 9.17) is 14.8 Å². The van der Waals surface area contributed by atoms with Gasteiger partial charge in [-0.05, 0) is 49.6 Å². The highest BCUT2D eigenvalue weighted by atomic mass is 32.1. The molecule has 0 spiro atoms. The van der Waals surface area contributed by atoms with Crippen molar-refractivity contribution in [2.75, 3.05) is 20.2 Å². The molecule has 1 aliphatic heterocycles. The maximum Gasteiger partial charge on any atom is 0.257 e. The SMILES string of the molecule is C=CC(=O)N1C[C@H](C)n2nc(-c3nc(-c4ccc5c(c4)ncn5C)c4ccsc4c3-c3c(F)cc(F)cc3OCC(=O)NC)cc2[C@H]1C. The first-order chi connectivity index (χ1) is 23.1. The highest BCUT2D eigenvalue weighted by Crippen LogP contribution is 2.48. The number of rotatable bonds is 7. The number of carbonyl (C=O) groups is 2. The Kier molecular flexibility index (Phi) is 7.78. The second kappa shape index (κ2) is 12.0. The van der Waals surface area contributed by atoms with Crippen molar-refractivity contribution in [3.8, 4) is 39.5 Å². The third-order valence-corrected chi connectivity index (χ3v) is 9.68. The van der Waals surface area contributed by atoms with Crippen molar-refractivity contribution in [2.24, 2.45) is 7.05 Å². The molecule has 4 aromatic heterocycles. The fourth-order valence-electron chi connectivity index (χ4n) is 6.33. The second-order valence-corrected chi connectivity index (χ2v) is 12.7. The zero-order valence-corrected chi connectivity index (χ0v) is 27.4. The standard InChI is InChI=1S/C35H31F2N7O3S/c1-6-30(46)43-15-18(2)44-27(19(43)3)14-25(41-44)34-32(31-23(37)12-21(36)13-28(31)47-16-29(45)38-4)35-22(9-10-48-35)33(40-34)20-7-8-26-24(11-20)39-17-42(26)5/h6-14,17-19H,1,15-16H2,2-5H3,(H,38,45)/t18-,19+/m0/s1. The first-order valence-electron chi connectivity index (χ1n) is 15.3. The molecule has 10 nitrogen and oxygen atoms in total. The van der Waals surface area contributed by atoms with Crippen molar-refractivity contribution < 1.29 is 23.1 Å². The molecule has 13 heteroatoms. The number of halogens is 2. The Balaban J connectivity index is 1.52. The summed E-state index contributed by atoms with van der Waals surface area (Å²) in [5.41, 5.74) is 5.00. The van der Waals surface area contributed by atoms with Crippen molar-refractivity contribution in [2.45, 2.75) is 25.9 Å². The Hall–Kier alpha value is -5.43. The number of ether oxygens (including phenoxy) is 1. The Labute approximate surface area is 278 Å². The number of aromatic nitrogens is 5. The van der Waals surface area contributed by atoms with Gasteiger partial charge in [0.25, 0.3) is 5.91 Å². The molecule has 5 heterocycles. The first-order valence-corrected chi connectivity index (χ1v) is 16.2. The normalized spacial score (nSPS) is 15.9. The summed E-state index contributed by atoms with van der Waals surface area (Å²) < 4.78 is 41.0. The van der Waals surface area contributed by atoms with Crippen LogP contribution in [0, 0.1) is 11.6 Å². The number of fused-ring (bicyclic) bond motifs is 3. The third-order valence-electron chi connectivity index (χ3n) is 8.75. The number of thiophene rings is 1. The summed E-state index contributed by atoms with van der Waals surface area (Å²) in [7, 11) is 3.37. The predicted molar refractivity (Wildman–Crippen MR) is 180 cm³/mol. The number of pyridine rings is 1. The highest BCUT2D eigenvalue weighted by molar-refractivity contribution is 7.18. The lowest BCUT2D eigenvalue weighted by Gasteiger charge is -2.36. The lowest BCUT2D eigenvalue weighted by Crippen LogP contribution is -2.42. The fourth-order valence-corrected chi connectivity index (χ4v) is 7.28. The number of likely N-dealkylation sites (N-methyl/N-ethyl adjacent to an activating group) is 1. The molecule has 0 saturated heterocycles. The molecule has 6 aromatic rings. The number of nitrogens with zero attached hydrogens (tertiary/aromatic N) is 6. The third kappa shape index (κ3) is 5.10. The minimum absolute atomic E-state index is 0.0440. The van der Waals surface area contributed by atoms with Gasteiger partial charge in [-0.15, -0.1) is 11.3 Å². The molecule has 0 fully saturated rings. The second-order valence-electron chi connectivity index (χ2n) is 11.7. The van der Waals surface area contributed by atoms with E-state index in [0.717, 1.165) is 39.8 Å². The predicted octanol–water partition coefficient (Wildman–Crippen LogP) is 6.43. The lowest BCUT2D eigenvalue weighted by atomic mass is 9.96. The zero-order chi connectivity index (χ0) is 33.9. The Bertz CT molecular complexity index is 2270. The Morgan fingerprint density at radius 2 is 1.94 bits per heavy atom. The molecule has 0 radical (unpaired) electrons. The molecule has 244 valence electrons. The van der Waals surface area contributed by atoms with Gasteiger partial charge in [0.15, 0.2) is 6.61 Å². The van der Waals surface area contributed by atoms with Crippen LogP contribution < -0.4 is 10.1 Å². The first kappa shape index (κ1) is 31.2. The van der Waals surface area contributed by atoms with Gasteiger partial charge in [-0.3, -0.25) is 14.3 Å². The molecule has 48 heavy (non-hydrogen) atoms. The average Bonchev–Trinajstić information content (AvgIpc) is 3.83. The van der Waals surface area contributed by atoms with Crippen LogP contribution in [-0.2, 0) is 16.6 Å². The number of benzene rings is 2. The van der Waals surface area contributed by atoms with E-state index < -0.39 is 24.1 Å². The summed E-state index contributed by atoms with van der Waals surface area (Å²) >= 11 is 1.37. The van der Waals surface area contributed by atoms with Crippen LogP contribution in [0.25, 0.3) is 54.9 Å². The van der Waals surface area contributed by atoms with Gasteiger partial charge in [0.05, 0.1) is 46.4 Å². The van der Waals surface area contributed by atoms with E-state index in [9.17, 15) is 14.0 Å². The fraction of sp³-hybridized carbons (Fsp3) is 0.229. The molecular weight excluding hydrogens is 636 g/mol. The monoisotopic (exact) mass is 667 g/mol. The van der Waals surface area contributed by atoms with Crippen molar-refractivity contribution in [1.29, 1.82) is 0 Å². The summed E-state index contributed by atoms with van der Waals surface area (Å²) in [6.07, 6.45) is 3.04. The van der Waals surface area contributed by atoms with E-state index in [2.05, 4.69) is 16.9 Å². The molecule has 1 N–H and O–H groups in total. The molecule has 7 rings (SSSR count). The summed E-state index contributed by atoms with van der Waals surface area (Å²) in [5.74, 6) is -2.54. The van der Waals surface area contributed by atoms with E-state index in [0.29, 0.717) is 33.9 Å². The molecule has 2 aromatic carbocycles. The zero-order valence-electron chi connectivity index (χ0n) is 26.6.